The number of nitrogens with zero attached hydrogens (tertiary/aromatic N) is 3. The number of rotatable bonds is 8. The number of ether oxygens (including phenoxy) is 1. The van der Waals surface area contributed by atoms with Gasteiger partial charge in [0.1, 0.15) is 12.1 Å². The Balaban J connectivity index is 1.67. The molecular weight excluding hydrogens is 491 g/mol. The van der Waals surface area contributed by atoms with Gasteiger partial charge in [-0.2, -0.15) is 0 Å². The lowest BCUT2D eigenvalue weighted by molar-refractivity contribution is -0.383. The first kappa shape index (κ1) is 20.3. The molecule has 0 fully saturated rings. The van der Waals surface area contributed by atoms with Gasteiger partial charge in [-0.15, -0.1) is 0 Å². The van der Waals surface area contributed by atoms with Crippen LogP contribution in [0.1, 0.15) is 0 Å². The number of nitrogens with one attached hydrogen (secondary N) is 3. The van der Waals surface area contributed by atoms with Crippen molar-refractivity contribution in [2.24, 2.45) is 0 Å². The number of hydrogen-bond acceptors (Lipinski definition) is 8. The molecule has 11 heteroatoms. The second-order valence-corrected chi connectivity index (χ2v) is 6.83. The molecule has 0 bridgehead atoms. The minimum Gasteiger partial charge on any atom is -0.484 e. The molecule has 0 saturated carbocycles. The van der Waals surface area contributed by atoms with E-state index in [1.54, 1.807) is 36.4 Å². The third kappa shape index (κ3) is 5.75. The van der Waals surface area contributed by atoms with E-state index in [2.05, 4.69) is 48.7 Å². The number of para-hydroxylation sites is 1. The van der Waals surface area contributed by atoms with Gasteiger partial charge in [0.25, 0.3) is 5.91 Å². The number of anilines is 3. The fraction of sp³-hybridized carbons (Fsp3) is 0.0556. The van der Waals surface area contributed by atoms with Gasteiger partial charge in [0.15, 0.2) is 6.61 Å². The zero-order valence-electron chi connectivity index (χ0n) is 14.8. The van der Waals surface area contributed by atoms with Crippen LogP contribution in [0, 0.1) is 13.7 Å². The first-order valence-corrected chi connectivity index (χ1v) is 9.35. The minimum atomic E-state index is -0.635. The molecule has 29 heavy (non-hydrogen) atoms. The summed E-state index contributed by atoms with van der Waals surface area (Å²) in [5, 5.41) is 14.4. The highest BCUT2D eigenvalue weighted by atomic mass is 127. The third-order valence-electron chi connectivity index (χ3n) is 3.55. The number of carbonyl (C=O) groups excluding carboxylic acids is 1. The van der Waals surface area contributed by atoms with Crippen LogP contribution in [0.25, 0.3) is 0 Å². The molecule has 0 aliphatic carbocycles. The Bertz CT molecular complexity index is 1000. The van der Waals surface area contributed by atoms with Crippen molar-refractivity contribution >= 4 is 51.5 Å². The number of halogens is 1. The Labute approximate surface area is 179 Å². The van der Waals surface area contributed by atoms with Crippen molar-refractivity contribution in [1.82, 2.24) is 15.4 Å². The minimum absolute atomic E-state index is 0.0107. The van der Waals surface area contributed by atoms with Gasteiger partial charge in [-0.3, -0.25) is 25.8 Å². The summed E-state index contributed by atoms with van der Waals surface area (Å²) in [5.41, 5.74) is 4.99. The van der Waals surface area contributed by atoms with Crippen LogP contribution in [0.15, 0.2) is 60.9 Å². The van der Waals surface area contributed by atoms with Gasteiger partial charge in [0.2, 0.25) is 11.6 Å². The molecule has 1 aromatic heterocycles. The van der Waals surface area contributed by atoms with Gasteiger partial charge in [0.05, 0.1) is 4.92 Å². The van der Waals surface area contributed by atoms with Crippen molar-refractivity contribution < 1.29 is 14.5 Å². The number of carbonyl (C=O) groups is 1. The second-order valence-electron chi connectivity index (χ2n) is 5.58. The molecule has 0 aliphatic rings. The van der Waals surface area contributed by atoms with Gasteiger partial charge < -0.3 is 10.1 Å². The normalized spacial score (nSPS) is 10.1. The van der Waals surface area contributed by atoms with Crippen LogP contribution in [0.3, 0.4) is 0 Å². The number of hydrogen-bond donors (Lipinski definition) is 3. The van der Waals surface area contributed by atoms with Crippen LogP contribution in [0.5, 0.6) is 5.75 Å². The molecule has 148 valence electrons. The van der Waals surface area contributed by atoms with E-state index in [0.717, 1.165) is 9.90 Å². The quantitative estimate of drug-likeness (QED) is 0.241. The fourth-order valence-corrected chi connectivity index (χ4v) is 2.59. The van der Waals surface area contributed by atoms with E-state index in [1.165, 1.54) is 0 Å². The fourth-order valence-electron chi connectivity index (χ4n) is 2.24. The summed E-state index contributed by atoms with van der Waals surface area (Å²) in [6.45, 7) is -0.274. The van der Waals surface area contributed by atoms with Crippen LogP contribution in [0.2, 0.25) is 0 Å². The standard InChI is InChI=1S/C18H15IN6O4/c19-12-6-8-13(9-7-12)22-17-16(25(27)28)18(21-11-20-17)24-23-15(26)10-29-14-4-2-1-3-5-14/h1-9,11H,10H2,(H,23,26)(H2,20,21,22,24). The molecule has 0 atom stereocenters. The highest BCUT2D eigenvalue weighted by molar-refractivity contribution is 14.1. The zero-order valence-corrected chi connectivity index (χ0v) is 17.0. The summed E-state index contributed by atoms with van der Waals surface area (Å²) >= 11 is 2.16. The van der Waals surface area contributed by atoms with Crippen molar-refractivity contribution in [2.45, 2.75) is 0 Å². The van der Waals surface area contributed by atoms with Gasteiger partial charge in [-0.05, 0) is 59.0 Å². The van der Waals surface area contributed by atoms with E-state index in [0.29, 0.717) is 11.4 Å². The van der Waals surface area contributed by atoms with Crippen molar-refractivity contribution in [3.05, 3.63) is 74.6 Å². The first-order chi connectivity index (χ1) is 14.0. The van der Waals surface area contributed by atoms with Crippen molar-refractivity contribution in [2.75, 3.05) is 17.3 Å². The predicted molar refractivity (Wildman–Crippen MR) is 115 cm³/mol. The Hall–Kier alpha value is -3.48. The largest absolute Gasteiger partial charge is 0.484 e. The molecule has 0 radical (unpaired) electrons. The third-order valence-corrected chi connectivity index (χ3v) is 4.26. The number of amides is 1. The Morgan fingerprint density at radius 3 is 2.45 bits per heavy atom. The van der Waals surface area contributed by atoms with Crippen LogP contribution in [0.4, 0.5) is 23.0 Å². The smallest absolute Gasteiger partial charge is 0.355 e. The van der Waals surface area contributed by atoms with Gasteiger partial charge in [0, 0.05) is 9.26 Å². The van der Waals surface area contributed by atoms with Crippen LogP contribution < -0.4 is 20.9 Å². The maximum absolute atomic E-state index is 12.0. The van der Waals surface area contributed by atoms with Crippen molar-refractivity contribution in [1.29, 1.82) is 0 Å². The Morgan fingerprint density at radius 2 is 1.76 bits per heavy atom. The Kier molecular flexibility index (Phi) is 6.73. The van der Waals surface area contributed by atoms with Gasteiger partial charge in [-0.1, -0.05) is 18.2 Å². The molecule has 0 spiro atoms. The highest BCUT2D eigenvalue weighted by Gasteiger charge is 2.23. The summed E-state index contributed by atoms with van der Waals surface area (Å²) in [7, 11) is 0. The van der Waals surface area contributed by atoms with Crippen LogP contribution in [-0.4, -0.2) is 27.4 Å². The highest BCUT2D eigenvalue weighted by Crippen LogP contribution is 2.30. The van der Waals surface area contributed by atoms with Crippen LogP contribution in [-0.2, 0) is 4.79 Å². The molecule has 1 amide bonds. The predicted octanol–water partition coefficient (Wildman–Crippen LogP) is 3.26. The maximum atomic E-state index is 12.0. The molecular formula is C18H15IN6O4. The number of aromatic nitrogens is 2. The van der Waals surface area contributed by atoms with E-state index >= 15 is 0 Å². The SMILES string of the molecule is O=C(COc1ccccc1)NNc1ncnc(Nc2ccc(I)cc2)c1[N+](=O)[O-]. The van der Waals surface area contributed by atoms with Crippen molar-refractivity contribution in [3.63, 3.8) is 0 Å². The van der Waals surface area contributed by atoms with E-state index < -0.39 is 16.5 Å². The van der Waals surface area contributed by atoms with Gasteiger partial charge >= 0.3 is 5.69 Å². The molecule has 0 saturated heterocycles. The number of nitro groups is 1. The average Bonchev–Trinajstić information content (AvgIpc) is 2.73. The topological polar surface area (TPSA) is 131 Å². The van der Waals surface area contributed by atoms with Crippen molar-refractivity contribution in [3.8, 4) is 5.75 Å². The summed E-state index contributed by atoms with van der Waals surface area (Å²) in [6.07, 6.45) is 1.15. The van der Waals surface area contributed by atoms with E-state index in [1.807, 2.05) is 18.2 Å². The monoisotopic (exact) mass is 506 g/mol. The molecule has 0 aliphatic heterocycles. The summed E-state index contributed by atoms with van der Waals surface area (Å²) in [6, 6.07) is 16.0. The first-order valence-electron chi connectivity index (χ1n) is 8.27. The Morgan fingerprint density at radius 1 is 1.07 bits per heavy atom. The molecule has 0 unspecified atom stereocenters. The molecule has 10 nitrogen and oxygen atoms in total. The molecule has 1 heterocycles. The lowest BCUT2D eigenvalue weighted by atomic mass is 10.3. The summed E-state index contributed by atoms with van der Waals surface area (Å²) in [4.78, 5) is 30.6. The lowest BCUT2D eigenvalue weighted by Crippen LogP contribution is -2.34. The van der Waals surface area contributed by atoms with E-state index in [-0.39, 0.29) is 18.2 Å². The lowest BCUT2D eigenvalue weighted by Gasteiger charge is -2.11. The maximum Gasteiger partial charge on any atom is 0.355 e. The average molecular weight is 506 g/mol. The van der Waals surface area contributed by atoms with Crippen LogP contribution >= 0.6 is 22.6 Å². The molecule has 3 N–H and O–H groups in total. The second kappa shape index (κ2) is 9.64. The molecule has 3 rings (SSSR count). The van der Waals surface area contributed by atoms with E-state index in [4.69, 9.17) is 4.74 Å². The summed E-state index contributed by atoms with van der Waals surface area (Å²) < 4.78 is 6.34. The molecule has 3 aromatic rings. The number of hydrazine groups is 1. The summed E-state index contributed by atoms with van der Waals surface area (Å²) in [5.74, 6) is -0.178. The number of benzene rings is 2. The molecule has 2 aromatic carbocycles. The van der Waals surface area contributed by atoms with Gasteiger partial charge in [-0.25, -0.2) is 9.97 Å². The zero-order chi connectivity index (χ0) is 20.6. The van der Waals surface area contributed by atoms with E-state index in [9.17, 15) is 14.9 Å².